The maximum atomic E-state index is 4.41. The van der Waals surface area contributed by atoms with Crippen molar-refractivity contribution in [2.45, 2.75) is 13.8 Å². The number of hydrogen-bond acceptors (Lipinski definition) is 4. The first-order valence-corrected chi connectivity index (χ1v) is 11.6. The second kappa shape index (κ2) is 9.23. The van der Waals surface area contributed by atoms with Crippen LogP contribution in [0.4, 0.5) is 0 Å². The molecule has 0 aliphatic carbocycles. The number of hydrogen-bond donors (Lipinski definition) is 0. The van der Waals surface area contributed by atoms with E-state index < -0.39 is 0 Å². The molecular formula is C30H26N6. The van der Waals surface area contributed by atoms with Crippen LogP contribution in [0.3, 0.4) is 0 Å². The van der Waals surface area contributed by atoms with Gasteiger partial charge in [0.05, 0.1) is 0 Å². The monoisotopic (exact) mass is 470 g/mol. The van der Waals surface area contributed by atoms with E-state index in [0.717, 1.165) is 33.9 Å². The van der Waals surface area contributed by atoms with Crippen LogP contribution in [-0.4, -0.2) is 50.9 Å². The van der Waals surface area contributed by atoms with Gasteiger partial charge in [0, 0.05) is 36.3 Å². The molecule has 0 saturated carbocycles. The largest absolute Gasteiger partial charge is 0.270 e. The van der Waals surface area contributed by atoms with Gasteiger partial charge in [0.2, 0.25) is 0 Å². The quantitative estimate of drug-likeness (QED) is 0.284. The molecule has 0 amide bonds. The molecule has 0 unspecified atom stereocenters. The van der Waals surface area contributed by atoms with E-state index >= 15 is 0 Å². The van der Waals surface area contributed by atoms with Crippen LogP contribution in [-0.2, 0) is 0 Å². The van der Waals surface area contributed by atoms with Crippen molar-refractivity contribution in [1.29, 1.82) is 0 Å². The zero-order valence-electron chi connectivity index (χ0n) is 20.9. The van der Waals surface area contributed by atoms with Crippen molar-refractivity contribution < 1.29 is 0 Å². The molecule has 4 aromatic carbocycles. The molecule has 0 aromatic heterocycles. The summed E-state index contributed by atoms with van der Waals surface area (Å²) in [4.78, 5) is 25.3. The van der Waals surface area contributed by atoms with E-state index in [2.05, 4.69) is 93.6 Å². The standard InChI is InChI=1S/2C15H13N3/c2*1-9-11-7-5-4-6-10(11)8-12-13(9)15(17-3)18-14(12)16-2/h4-8H,3H2,1-2H3;4-8H,2H2,1,3H3. The molecule has 2 heterocycles. The van der Waals surface area contributed by atoms with Crippen LogP contribution in [0.1, 0.15) is 33.4 Å². The topological polar surface area (TPSA) is 74.2 Å². The van der Waals surface area contributed by atoms with Gasteiger partial charge in [0.25, 0.3) is 0 Å². The minimum atomic E-state index is 0.666. The lowest BCUT2D eigenvalue weighted by Gasteiger charge is -2.08. The molecule has 4 aromatic rings. The molecule has 2 aliphatic rings. The van der Waals surface area contributed by atoms with Gasteiger partial charge in [0.1, 0.15) is 0 Å². The lowest BCUT2D eigenvalue weighted by molar-refractivity contribution is 1.38. The van der Waals surface area contributed by atoms with Crippen molar-refractivity contribution in [3.05, 3.63) is 94.0 Å². The molecule has 0 atom stereocenters. The van der Waals surface area contributed by atoms with Gasteiger partial charge in [-0.15, -0.1) is 0 Å². The summed E-state index contributed by atoms with van der Waals surface area (Å²) in [7, 11) is 3.50. The van der Waals surface area contributed by atoms with Crippen LogP contribution in [0.2, 0.25) is 0 Å². The smallest absolute Gasteiger partial charge is 0.162 e. The number of fused-ring (bicyclic) bond motifs is 4. The first-order chi connectivity index (χ1) is 17.5. The number of nitrogens with zero attached hydrogens (tertiary/aromatic N) is 6. The van der Waals surface area contributed by atoms with Gasteiger partial charge < -0.3 is 0 Å². The van der Waals surface area contributed by atoms with Gasteiger partial charge >= 0.3 is 0 Å². The van der Waals surface area contributed by atoms with Crippen molar-refractivity contribution in [3.8, 4) is 0 Å². The Kier molecular flexibility index (Phi) is 5.94. The fourth-order valence-electron chi connectivity index (χ4n) is 4.99. The summed E-state index contributed by atoms with van der Waals surface area (Å²) in [6, 6.07) is 20.9. The number of aliphatic imine (C=N–C) groups is 6. The van der Waals surface area contributed by atoms with E-state index in [1.54, 1.807) is 14.1 Å². The summed E-state index contributed by atoms with van der Waals surface area (Å²) < 4.78 is 0. The first kappa shape index (κ1) is 23.2. The first-order valence-electron chi connectivity index (χ1n) is 11.6. The van der Waals surface area contributed by atoms with Crippen LogP contribution in [0.5, 0.6) is 0 Å². The summed E-state index contributed by atoms with van der Waals surface area (Å²) in [5.41, 5.74) is 6.61. The Hall–Kier alpha value is -4.58. The molecule has 0 bridgehead atoms. The van der Waals surface area contributed by atoms with Crippen LogP contribution in [0.15, 0.2) is 90.6 Å². The maximum Gasteiger partial charge on any atom is 0.162 e. The number of amidine groups is 4. The molecule has 0 saturated heterocycles. The highest BCUT2D eigenvalue weighted by Crippen LogP contribution is 2.32. The van der Waals surface area contributed by atoms with Gasteiger partial charge in [-0.05, 0) is 72.1 Å². The molecule has 2 aliphatic heterocycles. The van der Waals surface area contributed by atoms with E-state index in [1.807, 2.05) is 24.3 Å². The fraction of sp³-hybridized carbons (Fsp3) is 0.133. The van der Waals surface area contributed by atoms with Gasteiger partial charge in [0.15, 0.2) is 23.3 Å². The van der Waals surface area contributed by atoms with Crippen molar-refractivity contribution in [1.82, 2.24) is 0 Å². The molecule has 0 N–H and O–H groups in total. The Bertz CT molecular complexity index is 1700. The highest BCUT2D eigenvalue weighted by molar-refractivity contribution is 6.26. The molecule has 6 heteroatoms. The number of benzene rings is 4. The predicted molar refractivity (Wildman–Crippen MR) is 154 cm³/mol. The Morgan fingerprint density at radius 2 is 1.11 bits per heavy atom. The molecule has 0 spiro atoms. The van der Waals surface area contributed by atoms with Crippen molar-refractivity contribution in [2.24, 2.45) is 30.0 Å². The number of aryl methyl sites for hydroxylation is 2. The second-order valence-electron chi connectivity index (χ2n) is 8.57. The summed E-state index contributed by atoms with van der Waals surface area (Å²) in [6.07, 6.45) is 0. The van der Waals surface area contributed by atoms with E-state index in [9.17, 15) is 0 Å². The van der Waals surface area contributed by atoms with Crippen molar-refractivity contribution in [3.63, 3.8) is 0 Å². The Morgan fingerprint density at radius 1 is 0.611 bits per heavy atom. The lowest BCUT2D eigenvalue weighted by atomic mass is 9.95. The molecule has 0 radical (unpaired) electrons. The summed E-state index contributed by atoms with van der Waals surface area (Å²) in [5.74, 6) is 2.82. The van der Waals surface area contributed by atoms with E-state index in [0.29, 0.717) is 11.7 Å². The van der Waals surface area contributed by atoms with Gasteiger partial charge in [-0.3, -0.25) is 9.98 Å². The van der Waals surface area contributed by atoms with Crippen molar-refractivity contribution >= 4 is 58.3 Å². The highest BCUT2D eigenvalue weighted by atomic mass is 15.0. The number of rotatable bonds is 0. The summed E-state index contributed by atoms with van der Waals surface area (Å²) in [5, 5.41) is 4.86. The zero-order valence-corrected chi connectivity index (χ0v) is 20.9. The average molecular weight is 471 g/mol. The third-order valence-corrected chi connectivity index (χ3v) is 6.69. The van der Waals surface area contributed by atoms with Gasteiger partial charge in [-0.25, -0.2) is 20.0 Å². The molecule has 36 heavy (non-hydrogen) atoms. The third kappa shape index (κ3) is 3.58. The Labute approximate surface area is 210 Å². The van der Waals surface area contributed by atoms with Gasteiger partial charge in [-0.2, -0.15) is 0 Å². The molecular weight excluding hydrogens is 444 g/mol. The molecule has 0 fully saturated rings. The Balaban J connectivity index is 0.000000148. The maximum absolute atomic E-state index is 4.41. The zero-order chi connectivity index (χ0) is 25.4. The van der Waals surface area contributed by atoms with Crippen LogP contribution < -0.4 is 0 Å². The predicted octanol–water partition coefficient (Wildman–Crippen LogP) is 5.97. The second-order valence-corrected chi connectivity index (χ2v) is 8.57. The summed E-state index contributed by atoms with van der Waals surface area (Å²) >= 11 is 0. The highest BCUT2D eigenvalue weighted by Gasteiger charge is 2.25. The summed E-state index contributed by atoms with van der Waals surface area (Å²) in [6.45, 7) is 11.4. The van der Waals surface area contributed by atoms with E-state index in [-0.39, 0.29) is 0 Å². The van der Waals surface area contributed by atoms with Crippen LogP contribution in [0, 0.1) is 13.8 Å². The fourth-order valence-corrected chi connectivity index (χ4v) is 4.99. The van der Waals surface area contributed by atoms with Gasteiger partial charge in [-0.1, -0.05) is 48.5 Å². The van der Waals surface area contributed by atoms with Crippen LogP contribution in [0.25, 0.3) is 21.5 Å². The van der Waals surface area contributed by atoms with Crippen molar-refractivity contribution in [2.75, 3.05) is 14.1 Å². The lowest BCUT2D eigenvalue weighted by Crippen LogP contribution is -2.00. The van der Waals surface area contributed by atoms with Crippen LogP contribution >= 0.6 is 0 Å². The SMILES string of the molecule is C=NC1=NC(=NC)c2c1cc1ccccc1c2C.C=NC1=NC(=NC)c2cc3ccccc3c(C)c21. The Morgan fingerprint density at radius 3 is 1.67 bits per heavy atom. The van der Waals surface area contributed by atoms with E-state index in [1.165, 1.54) is 32.7 Å². The average Bonchev–Trinajstić information content (AvgIpc) is 3.47. The third-order valence-electron chi connectivity index (χ3n) is 6.69. The molecule has 176 valence electrons. The molecule has 6 nitrogen and oxygen atoms in total. The normalized spacial score (nSPS) is 15.9. The van der Waals surface area contributed by atoms with E-state index in [4.69, 9.17) is 0 Å². The minimum absolute atomic E-state index is 0.666. The molecule has 6 rings (SSSR count). The minimum Gasteiger partial charge on any atom is -0.270 e.